The molecule has 1 fully saturated rings. The average molecular weight is 354 g/mol. The minimum Gasteiger partial charge on any atom is -0.459 e. The molecule has 0 radical (unpaired) electrons. The maximum Gasteiger partial charge on any atom is 0.292 e. The van der Waals surface area contributed by atoms with Crippen LogP contribution in [0.15, 0.2) is 41.0 Å². The molecule has 7 nitrogen and oxygen atoms in total. The van der Waals surface area contributed by atoms with Crippen molar-refractivity contribution < 1.29 is 23.5 Å². The van der Waals surface area contributed by atoms with Crippen molar-refractivity contribution in [2.24, 2.45) is 0 Å². The van der Waals surface area contributed by atoms with Crippen LogP contribution >= 0.6 is 0 Å². The zero-order valence-electron chi connectivity index (χ0n) is 14.1. The van der Waals surface area contributed by atoms with E-state index in [2.05, 4.69) is 5.32 Å². The van der Waals surface area contributed by atoms with Gasteiger partial charge in [-0.25, -0.2) is 0 Å². The molecule has 0 unspecified atom stereocenters. The second-order valence-corrected chi connectivity index (χ2v) is 6.37. The Hall–Kier alpha value is -2.93. The molecular formula is C19H18N2O5. The van der Waals surface area contributed by atoms with E-state index in [4.69, 9.17) is 9.15 Å². The summed E-state index contributed by atoms with van der Waals surface area (Å²) in [4.78, 5) is 38.9. The van der Waals surface area contributed by atoms with Gasteiger partial charge in [0.25, 0.3) is 5.91 Å². The van der Waals surface area contributed by atoms with E-state index >= 15 is 0 Å². The minimum atomic E-state index is -0.776. The molecule has 2 amide bonds. The lowest BCUT2D eigenvalue weighted by atomic mass is 9.89. The van der Waals surface area contributed by atoms with Crippen LogP contribution in [0.4, 0.5) is 5.69 Å². The van der Waals surface area contributed by atoms with Gasteiger partial charge in [-0.1, -0.05) is 12.1 Å². The van der Waals surface area contributed by atoms with Crippen molar-refractivity contribution in [2.45, 2.75) is 25.3 Å². The third-order valence-electron chi connectivity index (χ3n) is 4.72. The number of aryl methyl sites for hydroxylation is 1. The summed E-state index contributed by atoms with van der Waals surface area (Å²) in [5, 5.41) is 2.81. The molecule has 1 aromatic heterocycles. The highest BCUT2D eigenvalue weighted by Gasteiger charge is 2.37. The molecule has 0 bridgehead atoms. The van der Waals surface area contributed by atoms with Crippen LogP contribution in [0, 0.1) is 0 Å². The van der Waals surface area contributed by atoms with Gasteiger partial charge < -0.3 is 14.5 Å². The van der Waals surface area contributed by atoms with Crippen molar-refractivity contribution in [3.8, 4) is 0 Å². The molecule has 1 aliphatic carbocycles. The number of nitrogens with one attached hydrogen (secondary N) is 1. The van der Waals surface area contributed by atoms with Gasteiger partial charge in [0.05, 0.1) is 18.6 Å². The Balaban J connectivity index is 1.55. The van der Waals surface area contributed by atoms with Crippen molar-refractivity contribution in [1.82, 2.24) is 4.90 Å². The maximum atomic E-state index is 12.8. The van der Waals surface area contributed by atoms with Gasteiger partial charge in [-0.2, -0.15) is 0 Å². The number of furan rings is 1. The minimum absolute atomic E-state index is 0.0173. The number of ketones is 1. The molecule has 7 heteroatoms. The molecule has 1 aliphatic heterocycles. The number of hydrogen-bond acceptors (Lipinski definition) is 5. The van der Waals surface area contributed by atoms with E-state index in [9.17, 15) is 14.4 Å². The van der Waals surface area contributed by atoms with E-state index in [0.29, 0.717) is 17.7 Å². The Kier molecular flexibility index (Phi) is 4.30. The van der Waals surface area contributed by atoms with E-state index < -0.39 is 11.9 Å². The fourth-order valence-electron chi connectivity index (χ4n) is 3.42. The molecule has 1 atom stereocenters. The van der Waals surface area contributed by atoms with Crippen molar-refractivity contribution >= 4 is 23.3 Å². The third-order valence-corrected chi connectivity index (χ3v) is 4.72. The van der Waals surface area contributed by atoms with E-state index in [1.807, 2.05) is 12.1 Å². The summed E-state index contributed by atoms with van der Waals surface area (Å²) in [6, 6.07) is 7.83. The monoisotopic (exact) mass is 354 g/mol. The summed E-state index contributed by atoms with van der Waals surface area (Å²) >= 11 is 0. The van der Waals surface area contributed by atoms with E-state index in [0.717, 1.165) is 18.4 Å². The Morgan fingerprint density at radius 2 is 2.04 bits per heavy atom. The van der Waals surface area contributed by atoms with Gasteiger partial charge in [-0.15, -0.1) is 0 Å². The summed E-state index contributed by atoms with van der Waals surface area (Å²) in [6.07, 6.45) is 3.53. The Morgan fingerprint density at radius 1 is 1.15 bits per heavy atom. The van der Waals surface area contributed by atoms with E-state index in [1.165, 1.54) is 11.2 Å². The Morgan fingerprint density at radius 3 is 2.85 bits per heavy atom. The number of rotatable bonds is 3. The molecule has 2 aliphatic rings. The number of ether oxygens (including phenoxy) is 1. The first-order chi connectivity index (χ1) is 12.6. The number of amides is 2. The first-order valence-corrected chi connectivity index (χ1v) is 8.53. The zero-order chi connectivity index (χ0) is 18.1. The van der Waals surface area contributed by atoms with Gasteiger partial charge in [-0.3, -0.25) is 19.3 Å². The number of nitrogens with zero attached hydrogens (tertiary/aromatic N) is 1. The van der Waals surface area contributed by atoms with Gasteiger partial charge in [0.1, 0.15) is 12.8 Å². The van der Waals surface area contributed by atoms with Crippen molar-refractivity contribution in [3.63, 3.8) is 0 Å². The number of carbonyl (C=O) groups excluding carboxylic acids is 3. The summed E-state index contributed by atoms with van der Waals surface area (Å²) in [5.74, 6) is -0.595. The third kappa shape index (κ3) is 2.90. The fraction of sp³-hybridized carbons (Fsp3) is 0.316. The van der Waals surface area contributed by atoms with Crippen LogP contribution in [0.1, 0.15) is 39.3 Å². The average Bonchev–Trinajstić information content (AvgIpc) is 3.33. The van der Waals surface area contributed by atoms with E-state index in [1.54, 1.807) is 18.2 Å². The Labute approximate surface area is 149 Å². The van der Waals surface area contributed by atoms with Gasteiger partial charge >= 0.3 is 0 Å². The first-order valence-electron chi connectivity index (χ1n) is 8.53. The van der Waals surface area contributed by atoms with Crippen LogP contribution < -0.4 is 5.32 Å². The highest BCUT2D eigenvalue weighted by molar-refractivity contribution is 6.08. The van der Waals surface area contributed by atoms with E-state index in [-0.39, 0.29) is 30.8 Å². The molecule has 0 spiro atoms. The molecular weight excluding hydrogens is 336 g/mol. The van der Waals surface area contributed by atoms with Crippen LogP contribution in [0.2, 0.25) is 0 Å². The van der Waals surface area contributed by atoms with Crippen LogP contribution in [0.5, 0.6) is 0 Å². The molecule has 2 heterocycles. The lowest BCUT2D eigenvalue weighted by Crippen LogP contribution is -2.44. The van der Waals surface area contributed by atoms with Crippen LogP contribution in [0.25, 0.3) is 0 Å². The molecule has 1 saturated heterocycles. The second-order valence-electron chi connectivity index (χ2n) is 6.37. The molecule has 0 saturated carbocycles. The van der Waals surface area contributed by atoms with Crippen molar-refractivity contribution in [2.75, 3.05) is 18.7 Å². The lowest BCUT2D eigenvalue weighted by molar-refractivity contribution is -0.119. The quantitative estimate of drug-likeness (QED) is 0.913. The van der Waals surface area contributed by atoms with Crippen LogP contribution in [-0.2, 0) is 16.0 Å². The lowest BCUT2D eigenvalue weighted by Gasteiger charge is -2.23. The number of Topliss-reactive ketones (excluding diaryl/α,β-unsaturated/α-hetero) is 1. The molecule has 1 N–H and O–H groups in total. The van der Waals surface area contributed by atoms with Crippen LogP contribution in [0.3, 0.4) is 0 Å². The molecule has 134 valence electrons. The first kappa shape index (κ1) is 16.5. The largest absolute Gasteiger partial charge is 0.459 e. The fourth-order valence-corrected chi connectivity index (χ4v) is 3.42. The number of anilines is 1. The van der Waals surface area contributed by atoms with Gasteiger partial charge in [0.15, 0.2) is 11.5 Å². The highest BCUT2D eigenvalue weighted by Crippen LogP contribution is 2.28. The van der Waals surface area contributed by atoms with Gasteiger partial charge in [0, 0.05) is 12.0 Å². The highest BCUT2D eigenvalue weighted by atomic mass is 16.5. The molecule has 2 aromatic rings. The number of benzene rings is 1. The van der Waals surface area contributed by atoms with Gasteiger partial charge in [0.2, 0.25) is 5.91 Å². The van der Waals surface area contributed by atoms with Gasteiger partial charge in [-0.05, 0) is 36.6 Å². The molecule has 4 rings (SSSR count). The second kappa shape index (κ2) is 6.76. The van der Waals surface area contributed by atoms with Crippen LogP contribution in [-0.4, -0.2) is 41.9 Å². The standard InChI is InChI=1S/C19H18N2O5/c22-15-7-2-5-12-4-1-6-13(17(12)15)20-18(23)14-10-25-11-21(14)19(24)16-8-3-9-26-16/h1,3-4,6,8-9,14H,2,5,7,10-11H2,(H,20,23)/t14-/m0/s1. The number of fused-ring (bicyclic) bond motifs is 1. The number of hydrogen-bond donors (Lipinski definition) is 1. The topological polar surface area (TPSA) is 88.9 Å². The predicted octanol–water partition coefficient (Wildman–Crippen LogP) is 2.24. The number of carbonyl (C=O) groups is 3. The summed E-state index contributed by atoms with van der Waals surface area (Å²) < 4.78 is 10.4. The maximum absolute atomic E-state index is 12.8. The Bertz CT molecular complexity index is 859. The summed E-state index contributed by atoms with van der Waals surface area (Å²) in [6.45, 7) is 0.116. The zero-order valence-corrected chi connectivity index (χ0v) is 14.1. The van der Waals surface area contributed by atoms with Crippen molar-refractivity contribution in [3.05, 3.63) is 53.5 Å². The summed E-state index contributed by atoms with van der Waals surface area (Å²) in [7, 11) is 0. The normalized spacial score (nSPS) is 19.3. The molecule has 26 heavy (non-hydrogen) atoms. The molecule has 1 aromatic carbocycles. The summed E-state index contributed by atoms with van der Waals surface area (Å²) in [5.41, 5.74) is 2.02. The van der Waals surface area contributed by atoms with Crippen molar-refractivity contribution in [1.29, 1.82) is 0 Å². The predicted molar refractivity (Wildman–Crippen MR) is 91.8 cm³/mol. The smallest absolute Gasteiger partial charge is 0.292 e. The SMILES string of the molecule is O=C1CCCc2cccc(NC(=O)[C@@H]3COCN3C(=O)c3ccco3)c21.